The van der Waals surface area contributed by atoms with Gasteiger partial charge in [-0.1, -0.05) is 56.3 Å². The standard InChI is InChI=1S/C21H24N4O2/c1-14(2)20(15-8-4-3-5-9-15)23-12-19-24-17-11-7-6-10-16(17)21(27)25(19)13-18(22)26/h3-11,14,20,23H,12-13H2,1-2H3,(H2,22,26)/p+1/t20-/m0/s1. The van der Waals surface area contributed by atoms with Crippen molar-refractivity contribution < 1.29 is 10.1 Å². The molecule has 0 fully saturated rings. The van der Waals surface area contributed by atoms with Gasteiger partial charge < -0.3 is 11.1 Å². The number of fused-ring (bicyclic) bond motifs is 1. The number of hydrogen-bond donors (Lipinski definition) is 2. The van der Waals surface area contributed by atoms with Gasteiger partial charge in [0.05, 0.1) is 10.9 Å². The van der Waals surface area contributed by atoms with Crippen LogP contribution in [0.4, 0.5) is 0 Å². The van der Waals surface area contributed by atoms with Gasteiger partial charge in [-0.05, 0) is 12.1 Å². The van der Waals surface area contributed by atoms with Gasteiger partial charge in [0.1, 0.15) is 19.1 Å². The number of nitrogens with two attached hydrogens (primary N) is 2. The van der Waals surface area contributed by atoms with Crippen molar-refractivity contribution in [1.29, 1.82) is 0 Å². The van der Waals surface area contributed by atoms with Crippen molar-refractivity contribution in [3.8, 4) is 0 Å². The monoisotopic (exact) mass is 365 g/mol. The van der Waals surface area contributed by atoms with Crippen LogP contribution in [0, 0.1) is 5.92 Å². The Morgan fingerprint density at radius 2 is 1.78 bits per heavy atom. The van der Waals surface area contributed by atoms with E-state index in [0.717, 1.165) is 0 Å². The van der Waals surface area contributed by atoms with Gasteiger partial charge in [-0.15, -0.1) is 0 Å². The fourth-order valence-corrected chi connectivity index (χ4v) is 3.39. The van der Waals surface area contributed by atoms with Crippen LogP contribution in [0.1, 0.15) is 31.3 Å². The van der Waals surface area contributed by atoms with E-state index in [2.05, 4.69) is 36.3 Å². The minimum Gasteiger partial charge on any atom is -0.368 e. The molecule has 1 heterocycles. The number of aromatic nitrogens is 2. The summed E-state index contributed by atoms with van der Waals surface area (Å²) in [5.41, 5.74) is 6.98. The topological polar surface area (TPSA) is 94.6 Å². The normalized spacial score (nSPS) is 12.4. The highest BCUT2D eigenvalue weighted by atomic mass is 16.2. The number of nitrogens with zero attached hydrogens (tertiary/aromatic N) is 2. The number of para-hydroxylation sites is 1. The minimum atomic E-state index is -0.557. The predicted molar refractivity (Wildman–Crippen MR) is 105 cm³/mol. The van der Waals surface area contributed by atoms with Crippen molar-refractivity contribution >= 4 is 16.8 Å². The summed E-state index contributed by atoms with van der Waals surface area (Å²) in [6.07, 6.45) is 0. The van der Waals surface area contributed by atoms with Crippen LogP contribution in [0.5, 0.6) is 0 Å². The van der Waals surface area contributed by atoms with E-state index >= 15 is 0 Å². The van der Waals surface area contributed by atoms with E-state index in [1.807, 2.05) is 30.3 Å². The lowest BCUT2D eigenvalue weighted by molar-refractivity contribution is -0.718. The molecule has 0 aliphatic heterocycles. The molecule has 0 bridgehead atoms. The second-order valence-corrected chi connectivity index (χ2v) is 7.02. The van der Waals surface area contributed by atoms with Gasteiger partial charge in [-0.25, -0.2) is 4.98 Å². The van der Waals surface area contributed by atoms with Crippen molar-refractivity contribution in [2.45, 2.75) is 33.0 Å². The summed E-state index contributed by atoms with van der Waals surface area (Å²) in [4.78, 5) is 29.0. The molecule has 140 valence electrons. The van der Waals surface area contributed by atoms with E-state index in [0.29, 0.717) is 29.2 Å². The maximum Gasteiger partial charge on any atom is 0.262 e. The number of carbonyl (C=O) groups is 1. The van der Waals surface area contributed by atoms with Crippen molar-refractivity contribution in [2.75, 3.05) is 0 Å². The lowest BCUT2D eigenvalue weighted by atomic mass is 9.96. The number of carbonyl (C=O) groups excluding carboxylic acids is 1. The first-order valence-corrected chi connectivity index (χ1v) is 9.12. The first-order chi connectivity index (χ1) is 13.0. The van der Waals surface area contributed by atoms with Crippen LogP contribution in [0.15, 0.2) is 59.4 Å². The summed E-state index contributed by atoms with van der Waals surface area (Å²) in [6, 6.07) is 17.6. The molecule has 6 heteroatoms. The Hall–Kier alpha value is -2.99. The van der Waals surface area contributed by atoms with E-state index in [1.54, 1.807) is 12.1 Å². The summed E-state index contributed by atoms with van der Waals surface area (Å²) in [6.45, 7) is 4.64. The van der Waals surface area contributed by atoms with Crippen molar-refractivity contribution in [3.05, 3.63) is 76.3 Å². The Morgan fingerprint density at radius 3 is 2.44 bits per heavy atom. The van der Waals surface area contributed by atoms with Gasteiger partial charge in [0.2, 0.25) is 5.91 Å². The van der Waals surface area contributed by atoms with Crippen LogP contribution >= 0.6 is 0 Å². The number of rotatable bonds is 7. The number of hydrogen-bond acceptors (Lipinski definition) is 3. The maximum atomic E-state index is 12.8. The average Bonchev–Trinajstić information content (AvgIpc) is 2.65. The second-order valence-electron chi connectivity index (χ2n) is 7.02. The Labute approximate surface area is 158 Å². The first kappa shape index (κ1) is 18.8. The largest absolute Gasteiger partial charge is 0.368 e. The molecule has 0 unspecified atom stereocenters. The highest BCUT2D eigenvalue weighted by Gasteiger charge is 2.21. The molecule has 1 amide bonds. The summed E-state index contributed by atoms with van der Waals surface area (Å²) >= 11 is 0. The van der Waals surface area contributed by atoms with Crippen molar-refractivity contribution in [2.24, 2.45) is 11.7 Å². The Kier molecular flexibility index (Phi) is 5.66. The summed E-state index contributed by atoms with van der Waals surface area (Å²) in [5.74, 6) is 0.391. The average molecular weight is 365 g/mol. The van der Waals surface area contributed by atoms with Gasteiger partial charge in [0, 0.05) is 11.5 Å². The number of amides is 1. The highest BCUT2D eigenvalue weighted by Crippen LogP contribution is 2.17. The lowest BCUT2D eigenvalue weighted by Crippen LogP contribution is -2.85. The lowest BCUT2D eigenvalue weighted by Gasteiger charge is -2.20. The van der Waals surface area contributed by atoms with Crippen LogP contribution in [-0.4, -0.2) is 15.5 Å². The molecule has 1 atom stereocenters. The van der Waals surface area contributed by atoms with Crippen molar-refractivity contribution in [3.63, 3.8) is 0 Å². The summed E-state index contributed by atoms with van der Waals surface area (Å²) in [5, 5.41) is 2.65. The molecule has 27 heavy (non-hydrogen) atoms. The number of benzene rings is 2. The molecule has 0 spiro atoms. The SMILES string of the molecule is CC(C)[C@H]([NH2+]Cc1nc2ccccc2c(=O)n1CC(N)=O)c1ccccc1. The fraction of sp³-hybridized carbons (Fsp3) is 0.286. The molecule has 2 aromatic carbocycles. The van der Waals surface area contributed by atoms with E-state index in [-0.39, 0.29) is 18.1 Å². The Balaban J connectivity index is 1.97. The Morgan fingerprint density at radius 1 is 1.11 bits per heavy atom. The smallest absolute Gasteiger partial charge is 0.262 e. The molecular formula is C21H25N4O2+. The van der Waals surface area contributed by atoms with Crippen molar-refractivity contribution in [1.82, 2.24) is 9.55 Å². The third-order valence-electron chi connectivity index (χ3n) is 4.71. The van der Waals surface area contributed by atoms with Gasteiger partial charge >= 0.3 is 0 Å². The van der Waals surface area contributed by atoms with Crippen LogP contribution in [-0.2, 0) is 17.9 Å². The molecule has 3 aromatic rings. The molecule has 1 aromatic heterocycles. The van der Waals surface area contributed by atoms with E-state index in [9.17, 15) is 9.59 Å². The van der Waals surface area contributed by atoms with E-state index in [4.69, 9.17) is 5.73 Å². The number of primary amides is 1. The van der Waals surface area contributed by atoms with Crippen LogP contribution in [0.2, 0.25) is 0 Å². The summed E-state index contributed by atoms with van der Waals surface area (Å²) in [7, 11) is 0. The molecule has 0 saturated heterocycles. The maximum absolute atomic E-state index is 12.8. The van der Waals surface area contributed by atoms with Gasteiger partial charge in [-0.3, -0.25) is 14.2 Å². The van der Waals surface area contributed by atoms with E-state index in [1.165, 1.54) is 10.1 Å². The third kappa shape index (κ3) is 4.23. The third-order valence-corrected chi connectivity index (χ3v) is 4.71. The zero-order chi connectivity index (χ0) is 19.4. The molecule has 4 N–H and O–H groups in total. The fourth-order valence-electron chi connectivity index (χ4n) is 3.39. The van der Waals surface area contributed by atoms with Gasteiger partial charge in [0.15, 0.2) is 5.82 Å². The molecular weight excluding hydrogens is 340 g/mol. The molecule has 0 aliphatic carbocycles. The van der Waals surface area contributed by atoms with Crippen LogP contribution in [0.3, 0.4) is 0 Å². The zero-order valence-electron chi connectivity index (χ0n) is 15.6. The molecule has 0 saturated carbocycles. The number of quaternary nitrogens is 1. The second kappa shape index (κ2) is 8.14. The minimum absolute atomic E-state index is 0.169. The highest BCUT2D eigenvalue weighted by molar-refractivity contribution is 5.78. The van der Waals surface area contributed by atoms with E-state index < -0.39 is 5.91 Å². The molecule has 0 radical (unpaired) electrons. The quantitative estimate of drug-likeness (QED) is 0.661. The Bertz CT molecular complexity index is 996. The molecule has 0 aliphatic rings. The first-order valence-electron chi connectivity index (χ1n) is 9.12. The molecule has 6 nitrogen and oxygen atoms in total. The summed E-state index contributed by atoms with van der Waals surface area (Å²) < 4.78 is 1.39. The van der Waals surface area contributed by atoms with Gasteiger partial charge in [0.25, 0.3) is 5.56 Å². The van der Waals surface area contributed by atoms with Gasteiger partial charge in [-0.2, -0.15) is 0 Å². The zero-order valence-corrected chi connectivity index (χ0v) is 15.6. The van der Waals surface area contributed by atoms with Crippen LogP contribution < -0.4 is 16.6 Å². The van der Waals surface area contributed by atoms with Crippen LogP contribution in [0.25, 0.3) is 10.9 Å². The predicted octanol–water partition coefficient (Wildman–Crippen LogP) is 1.34. The molecule has 3 rings (SSSR count).